The first kappa shape index (κ1) is 21.0. The fourth-order valence-corrected chi connectivity index (χ4v) is 2.70. The summed E-state index contributed by atoms with van der Waals surface area (Å²) >= 11 is 0. The number of carbonyl (C=O) groups excluding carboxylic acids is 1. The number of para-hydroxylation sites is 1. The zero-order valence-electron chi connectivity index (χ0n) is 15.9. The first-order valence-electron chi connectivity index (χ1n) is 8.83. The van der Waals surface area contributed by atoms with Crippen LogP contribution in [-0.4, -0.2) is 24.4 Å². The number of pyridine rings is 1. The van der Waals surface area contributed by atoms with Crippen molar-refractivity contribution in [2.45, 2.75) is 12.9 Å². The fourth-order valence-electron chi connectivity index (χ4n) is 2.70. The molecule has 0 bridgehead atoms. The predicted octanol–water partition coefficient (Wildman–Crippen LogP) is 4.85. The Hall–Kier alpha value is -3.75. The summed E-state index contributed by atoms with van der Waals surface area (Å²) < 4.78 is 45.9. The number of carbonyl (C=O) groups is 1. The van der Waals surface area contributed by atoms with Crippen LogP contribution in [0.5, 0.6) is 11.5 Å². The average Bonchev–Trinajstić information content (AvgIpc) is 2.73. The topological polar surface area (TPSA) is 72.5 Å². The van der Waals surface area contributed by atoms with Crippen molar-refractivity contribution in [1.29, 1.82) is 0 Å². The molecule has 0 saturated carbocycles. The van der Waals surface area contributed by atoms with Crippen LogP contribution in [0.4, 0.5) is 24.7 Å². The van der Waals surface area contributed by atoms with E-state index in [1.807, 2.05) is 24.3 Å². The second-order valence-electron chi connectivity index (χ2n) is 6.09. The van der Waals surface area contributed by atoms with Crippen LogP contribution in [0.3, 0.4) is 0 Å². The van der Waals surface area contributed by atoms with Gasteiger partial charge in [-0.3, -0.25) is 4.79 Å². The number of aromatic nitrogens is 1. The van der Waals surface area contributed by atoms with Gasteiger partial charge in [-0.25, -0.2) is 4.98 Å². The molecule has 0 saturated heterocycles. The maximum atomic E-state index is 12.7. The van der Waals surface area contributed by atoms with E-state index in [1.165, 1.54) is 12.1 Å². The summed E-state index contributed by atoms with van der Waals surface area (Å²) in [6.07, 6.45) is -3.23. The Bertz CT molecular complexity index is 1010. The van der Waals surface area contributed by atoms with Crippen LogP contribution in [0.25, 0.3) is 0 Å². The molecule has 6 nitrogen and oxygen atoms in total. The quantitative estimate of drug-likeness (QED) is 0.575. The van der Waals surface area contributed by atoms with Gasteiger partial charge < -0.3 is 20.1 Å². The summed E-state index contributed by atoms with van der Waals surface area (Å²) in [5.74, 6) is 0.224. The van der Waals surface area contributed by atoms with E-state index >= 15 is 0 Å². The molecule has 2 aromatic carbocycles. The number of ether oxygens (including phenoxy) is 2. The molecule has 0 aliphatic carbocycles. The highest BCUT2D eigenvalue weighted by atomic mass is 19.4. The molecule has 1 heterocycles. The summed E-state index contributed by atoms with van der Waals surface area (Å²) in [5, 5.41) is 5.74. The summed E-state index contributed by atoms with van der Waals surface area (Å²) in [4.78, 5) is 16.9. The van der Waals surface area contributed by atoms with Gasteiger partial charge in [0.15, 0.2) is 0 Å². The largest absolute Gasteiger partial charge is 0.573 e. The number of methoxy groups -OCH3 is 1. The molecule has 1 amide bonds. The first-order valence-corrected chi connectivity index (χ1v) is 8.83. The molecular weight excluding hydrogens is 399 g/mol. The number of anilines is 2. The Balaban J connectivity index is 1.69. The minimum atomic E-state index is -4.78. The Morgan fingerprint density at radius 2 is 1.77 bits per heavy atom. The Labute approximate surface area is 170 Å². The van der Waals surface area contributed by atoms with Gasteiger partial charge in [-0.15, -0.1) is 13.2 Å². The molecule has 2 N–H and O–H groups in total. The first-order chi connectivity index (χ1) is 14.4. The number of rotatable bonds is 7. The maximum absolute atomic E-state index is 12.7. The fraction of sp³-hybridized carbons (Fsp3) is 0.143. The summed E-state index contributed by atoms with van der Waals surface area (Å²) in [7, 11) is 1.57. The van der Waals surface area contributed by atoms with E-state index in [2.05, 4.69) is 20.4 Å². The second kappa shape index (κ2) is 9.17. The van der Waals surface area contributed by atoms with Crippen molar-refractivity contribution in [3.05, 3.63) is 78.0 Å². The molecule has 0 spiro atoms. The molecular formula is C21H18F3N3O3. The smallest absolute Gasteiger partial charge is 0.496 e. The number of benzene rings is 2. The Morgan fingerprint density at radius 3 is 2.47 bits per heavy atom. The number of alkyl halides is 3. The molecule has 9 heteroatoms. The minimum absolute atomic E-state index is 0.281. The molecule has 3 aromatic rings. The van der Waals surface area contributed by atoms with Gasteiger partial charge in [0, 0.05) is 24.0 Å². The predicted molar refractivity (Wildman–Crippen MR) is 106 cm³/mol. The lowest BCUT2D eigenvalue weighted by molar-refractivity contribution is -0.274. The van der Waals surface area contributed by atoms with Crippen LogP contribution in [0, 0.1) is 0 Å². The van der Waals surface area contributed by atoms with Crippen molar-refractivity contribution in [2.24, 2.45) is 0 Å². The molecule has 0 fully saturated rings. The van der Waals surface area contributed by atoms with Crippen molar-refractivity contribution in [3.8, 4) is 11.5 Å². The Morgan fingerprint density at radius 1 is 1.03 bits per heavy atom. The standard InChI is InChI=1S/C21H18F3N3O3/c1-29-18-7-3-2-5-14(18)13-26-19-17(6-4-12-25-19)20(28)27-15-8-10-16(11-9-15)30-21(22,23)24/h2-12H,13H2,1H3,(H,25,26)(H,27,28). The highest BCUT2D eigenvalue weighted by molar-refractivity contribution is 6.07. The molecule has 0 aliphatic heterocycles. The monoisotopic (exact) mass is 417 g/mol. The van der Waals surface area contributed by atoms with Gasteiger partial charge in [0.25, 0.3) is 5.91 Å². The molecule has 0 aliphatic rings. The van der Waals surface area contributed by atoms with E-state index in [9.17, 15) is 18.0 Å². The van der Waals surface area contributed by atoms with Crippen LogP contribution >= 0.6 is 0 Å². The second-order valence-corrected chi connectivity index (χ2v) is 6.09. The zero-order valence-corrected chi connectivity index (χ0v) is 15.9. The van der Waals surface area contributed by atoms with Gasteiger partial charge in [-0.1, -0.05) is 18.2 Å². The van der Waals surface area contributed by atoms with Crippen LogP contribution < -0.4 is 20.1 Å². The van der Waals surface area contributed by atoms with Gasteiger partial charge in [0.05, 0.1) is 12.7 Å². The summed E-state index contributed by atoms with van der Waals surface area (Å²) in [6, 6.07) is 15.5. The van der Waals surface area contributed by atoms with Gasteiger partial charge in [-0.2, -0.15) is 0 Å². The van der Waals surface area contributed by atoms with Crippen LogP contribution in [0.15, 0.2) is 66.9 Å². The normalized spacial score (nSPS) is 10.9. The van der Waals surface area contributed by atoms with Crippen molar-refractivity contribution in [2.75, 3.05) is 17.7 Å². The summed E-state index contributed by atoms with van der Waals surface area (Å²) in [6.45, 7) is 0.380. The van der Waals surface area contributed by atoms with Gasteiger partial charge in [0.2, 0.25) is 0 Å². The van der Waals surface area contributed by atoms with E-state index in [4.69, 9.17) is 4.74 Å². The maximum Gasteiger partial charge on any atom is 0.573 e. The van der Waals surface area contributed by atoms with E-state index in [1.54, 1.807) is 25.4 Å². The third kappa shape index (κ3) is 5.63. The molecule has 3 rings (SSSR count). The molecule has 0 atom stereocenters. The van der Waals surface area contributed by atoms with E-state index < -0.39 is 12.3 Å². The lowest BCUT2D eigenvalue weighted by Crippen LogP contribution is -2.17. The highest BCUT2D eigenvalue weighted by Crippen LogP contribution is 2.25. The summed E-state index contributed by atoms with van der Waals surface area (Å²) in [5.41, 5.74) is 1.48. The third-order valence-electron chi connectivity index (χ3n) is 4.04. The van der Waals surface area contributed by atoms with E-state index in [-0.39, 0.29) is 11.3 Å². The lowest BCUT2D eigenvalue weighted by Gasteiger charge is -2.13. The zero-order chi connectivity index (χ0) is 21.6. The Kier molecular flexibility index (Phi) is 6.41. The molecule has 156 valence electrons. The molecule has 0 unspecified atom stereocenters. The SMILES string of the molecule is COc1ccccc1CNc1ncccc1C(=O)Nc1ccc(OC(F)(F)F)cc1. The van der Waals surface area contributed by atoms with Gasteiger partial charge >= 0.3 is 6.36 Å². The van der Waals surface area contributed by atoms with Crippen LogP contribution in [0.2, 0.25) is 0 Å². The van der Waals surface area contributed by atoms with Gasteiger partial charge in [-0.05, 0) is 42.5 Å². The van der Waals surface area contributed by atoms with Crippen LogP contribution in [-0.2, 0) is 6.54 Å². The van der Waals surface area contributed by atoms with Crippen molar-refractivity contribution in [3.63, 3.8) is 0 Å². The lowest BCUT2D eigenvalue weighted by atomic mass is 10.2. The highest BCUT2D eigenvalue weighted by Gasteiger charge is 2.31. The van der Waals surface area contributed by atoms with Crippen molar-refractivity contribution in [1.82, 2.24) is 4.98 Å². The van der Waals surface area contributed by atoms with Crippen LogP contribution in [0.1, 0.15) is 15.9 Å². The molecule has 30 heavy (non-hydrogen) atoms. The van der Waals surface area contributed by atoms with Crippen molar-refractivity contribution >= 4 is 17.4 Å². The number of amides is 1. The number of hydrogen-bond acceptors (Lipinski definition) is 5. The number of nitrogens with zero attached hydrogens (tertiary/aromatic N) is 1. The number of hydrogen-bond donors (Lipinski definition) is 2. The van der Waals surface area contributed by atoms with Crippen molar-refractivity contribution < 1.29 is 27.4 Å². The average molecular weight is 417 g/mol. The van der Waals surface area contributed by atoms with E-state index in [0.29, 0.717) is 23.8 Å². The third-order valence-corrected chi connectivity index (χ3v) is 4.04. The number of halogens is 3. The number of nitrogens with one attached hydrogen (secondary N) is 2. The minimum Gasteiger partial charge on any atom is -0.496 e. The molecule has 0 radical (unpaired) electrons. The van der Waals surface area contributed by atoms with Gasteiger partial charge in [0.1, 0.15) is 17.3 Å². The van der Waals surface area contributed by atoms with E-state index in [0.717, 1.165) is 17.7 Å². The molecule has 1 aromatic heterocycles.